The number of hydrogen-bond donors (Lipinski definition) is 1. The van der Waals surface area contributed by atoms with Gasteiger partial charge in [-0.15, -0.1) is 0 Å². The minimum atomic E-state index is -0.0123. The molecule has 0 heterocycles. The Balaban J connectivity index is 2.39. The molecular weight excluding hydrogens is 224 g/mol. The highest BCUT2D eigenvalue weighted by molar-refractivity contribution is 5.98. The fourth-order valence-electron chi connectivity index (χ4n) is 1.87. The highest BCUT2D eigenvalue weighted by Crippen LogP contribution is 2.25. The van der Waals surface area contributed by atoms with Crippen LogP contribution in [0.15, 0.2) is 54.6 Å². The van der Waals surface area contributed by atoms with Gasteiger partial charge in [0.1, 0.15) is 0 Å². The van der Waals surface area contributed by atoms with Crippen molar-refractivity contribution in [3.63, 3.8) is 0 Å². The van der Waals surface area contributed by atoms with E-state index in [0.29, 0.717) is 6.54 Å². The van der Waals surface area contributed by atoms with Crippen molar-refractivity contribution < 1.29 is 4.79 Å². The Bertz CT molecular complexity index is 520. The van der Waals surface area contributed by atoms with Gasteiger partial charge in [0.25, 0.3) is 0 Å². The van der Waals surface area contributed by atoms with Gasteiger partial charge in [-0.2, -0.15) is 0 Å². The van der Waals surface area contributed by atoms with Crippen molar-refractivity contribution in [2.45, 2.75) is 13.5 Å². The van der Waals surface area contributed by atoms with Crippen molar-refractivity contribution in [3.05, 3.63) is 60.2 Å². The maximum Gasteiger partial charge on any atom is 0.228 e. The monoisotopic (exact) mass is 240 g/mol. The van der Waals surface area contributed by atoms with Crippen LogP contribution in [0.4, 0.5) is 11.4 Å². The minimum Gasteiger partial charge on any atom is -0.326 e. The molecule has 1 amide bonds. The first-order valence-electron chi connectivity index (χ1n) is 5.87. The molecule has 0 saturated heterocycles. The molecule has 0 saturated carbocycles. The quantitative estimate of drug-likeness (QED) is 0.896. The fraction of sp³-hybridized carbons (Fsp3) is 0.133. The number of anilines is 2. The zero-order valence-corrected chi connectivity index (χ0v) is 10.3. The van der Waals surface area contributed by atoms with E-state index in [9.17, 15) is 4.79 Å². The van der Waals surface area contributed by atoms with Crippen LogP contribution in [0.25, 0.3) is 0 Å². The van der Waals surface area contributed by atoms with E-state index in [1.165, 1.54) is 0 Å². The molecule has 0 bridgehead atoms. The number of nitrogens with two attached hydrogens (primary N) is 1. The van der Waals surface area contributed by atoms with Crippen molar-refractivity contribution in [2.24, 2.45) is 5.73 Å². The predicted molar refractivity (Wildman–Crippen MR) is 73.6 cm³/mol. The molecule has 0 radical (unpaired) electrons. The smallest absolute Gasteiger partial charge is 0.228 e. The van der Waals surface area contributed by atoms with Gasteiger partial charge in [0.2, 0.25) is 5.91 Å². The number of hydrogen-bond acceptors (Lipinski definition) is 2. The second-order valence-electron chi connectivity index (χ2n) is 4.06. The molecule has 0 spiro atoms. The van der Waals surface area contributed by atoms with Crippen LogP contribution >= 0.6 is 0 Å². The number of carbonyl (C=O) groups excluding carboxylic acids is 1. The zero-order chi connectivity index (χ0) is 13.0. The molecule has 2 N–H and O–H groups in total. The Morgan fingerprint density at radius 3 is 2.06 bits per heavy atom. The Labute approximate surface area is 107 Å². The predicted octanol–water partition coefficient (Wildman–Crippen LogP) is 2.83. The molecule has 0 unspecified atom stereocenters. The van der Waals surface area contributed by atoms with E-state index in [-0.39, 0.29) is 5.91 Å². The molecule has 0 atom stereocenters. The van der Waals surface area contributed by atoms with Gasteiger partial charge in [0.15, 0.2) is 0 Å². The van der Waals surface area contributed by atoms with Crippen molar-refractivity contribution >= 4 is 17.3 Å². The van der Waals surface area contributed by atoms with Crippen molar-refractivity contribution in [3.8, 4) is 0 Å². The van der Waals surface area contributed by atoms with Crippen LogP contribution in [0.3, 0.4) is 0 Å². The topological polar surface area (TPSA) is 46.3 Å². The van der Waals surface area contributed by atoms with E-state index >= 15 is 0 Å². The molecule has 0 aliphatic carbocycles. The van der Waals surface area contributed by atoms with Crippen LogP contribution in [-0.2, 0) is 11.3 Å². The number of para-hydroxylation sites is 1. The first kappa shape index (κ1) is 12.3. The molecule has 0 aliphatic rings. The van der Waals surface area contributed by atoms with Crippen LogP contribution in [0, 0.1) is 0 Å². The fourth-order valence-corrected chi connectivity index (χ4v) is 1.87. The Morgan fingerprint density at radius 2 is 1.56 bits per heavy atom. The Kier molecular flexibility index (Phi) is 3.75. The lowest BCUT2D eigenvalue weighted by atomic mass is 10.2. The highest BCUT2D eigenvalue weighted by atomic mass is 16.2. The third-order valence-electron chi connectivity index (χ3n) is 2.76. The molecule has 2 aromatic rings. The summed E-state index contributed by atoms with van der Waals surface area (Å²) in [7, 11) is 0. The van der Waals surface area contributed by atoms with E-state index in [4.69, 9.17) is 5.73 Å². The van der Waals surface area contributed by atoms with E-state index < -0.39 is 0 Å². The van der Waals surface area contributed by atoms with Crippen LogP contribution in [0.2, 0.25) is 0 Å². The molecule has 0 fully saturated rings. The number of amides is 1. The lowest BCUT2D eigenvalue weighted by molar-refractivity contribution is -0.115. The maximum absolute atomic E-state index is 11.8. The Morgan fingerprint density at radius 1 is 1.00 bits per heavy atom. The molecule has 92 valence electrons. The second-order valence-corrected chi connectivity index (χ2v) is 4.06. The van der Waals surface area contributed by atoms with Gasteiger partial charge in [-0.1, -0.05) is 30.3 Å². The average Bonchev–Trinajstić information content (AvgIpc) is 2.40. The van der Waals surface area contributed by atoms with E-state index in [2.05, 4.69) is 0 Å². The molecule has 2 aromatic carbocycles. The standard InChI is InChI=1S/C15H16N2O/c1-12(18)17(14-5-3-2-4-6-14)15-9-7-13(11-16)8-10-15/h2-10H,11,16H2,1H3. The zero-order valence-electron chi connectivity index (χ0n) is 10.3. The maximum atomic E-state index is 11.8. The van der Waals surface area contributed by atoms with Gasteiger partial charge in [-0.25, -0.2) is 0 Å². The van der Waals surface area contributed by atoms with Crippen LogP contribution < -0.4 is 10.6 Å². The molecular formula is C15H16N2O. The molecule has 2 rings (SSSR count). The molecule has 18 heavy (non-hydrogen) atoms. The number of nitrogens with zero attached hydrogens (tertiary/aromatic N) is 1. The van der Waals surface area contributed by atoms with Crippen molar-refractivity contribution in [1.29, 1.82) is 0 Å². The third kappa shape index (κ3) is 2.57. The van der Waals surface area contributed by atoms with Gasteiger partial charge in [0, 0.05) is 24.8 Å². The molecule has 0 aromatic heterocycles. The van der Waals surface area contributed by atoms with Gasteiger partial charge in [0.05, 0.1) is 0 Å². The first-order valence-corrected chi connectivity index (χ1v) is 5.87. The average molecular weight is 240 g/mol. The minimum absolute atomic E-state index is 0.0123. The number of benzene rings is 2. The first-order chi connectivity index (χ1) is 8.72. The van der Waals surface area contributed by atoms with Gasteiger partial charge in [-0.3, -0.25) is 9.69 Å². The van der Waals surface area contributed by atoms with Gasteiger partial charge < -0.3 is 5.73 Å². The van der Waals surface area contributed by atoms with Gasteiger partial charge in [-0.05, 0) is 29.8 Å². The highest BCUT2D eigenvalue weighted by Gasteiger charge is 2.13. The summed E-state index contributed by atoms with van der Waals surface area (Å²) in [6.07, 6.45) is 0. The van der Waals surface area contributed by atoms with Crippen molar-refractivity contribution in [1.82, 2.24) is 0 Å². The summed E-state index contributed by atoms with van der Waals surface area (Å²) >= 11 is 0. The molecule has 0 aliphatic heterocycles. The normalized spacial score (nSPS) is 10.1. The van der Waals surface area contributed by atoms with Gasteiger partial charge >= 0.3 is 0 Å². The second kappa shape index (κ2) is 5.47. The van der Waals surface area contributed by atoms with Crippen molar-refractivity contribution in [2.75, 3.05) is 4.90 Å². The summed E-state index contributed by atoms with van der Waals surface area (Å²) in [5, 5.41) is 0. The summed E-state index contributed by atoms with van der Waals surface area (Å²) in [4.78, 5) is 13.5. The van der Waals surface area contributed by atoms with Crippen LogP contribution in [0.5, 0.6) is 0 Å². The number of carbonyl (C=O) groups is 1. The van der Waals surface area contributed by atoms with E-state index in [1.54, 1.807) is 11.8 Å². The largest absolute Gasteiger partial charge is 0.326 e. The summed E-state index contributed by atoms with van der Waals surface area (Å²) in [5.74, 6) is -0.0123. The lowest BCUT2D eigenvalue weighted by Crippen LogP contribution is -2.22. The summed E-state index contributed by atoms with van der Waals surface area (Å²) < 4.78 is 0. The molecule has 3 nitrogen and oxygen atoms in total. The SMILES string of the molecule is CC(=O)N(c1ccccc1)c1ccc(CN)cc1. The summed E-state index contributed by atoms with van der Waals surface area (Å²) in [6, 6.07) is 17.3. The lowest BCUT2D eigenvalue weighted by Gasteiger charge is -2.21. The van der Waals surface area contributed by atoms with E-state index in [0.717, 1.165) is 16.9 Å². The molecule has 3 heteroatoms. The van der Waals surface area contributed by atoms with E-state index in [1.807, 2.05) is 54.6 Å². The van der Waals surface area contributed by atoms with Crippen LogP contribution in [-0.4, -0.2) is 5.91 Å². The summed E-state index contributed by atoms with van der Waals surface area (Å²) in [6.45, 7) is 2.07. The third-order valence-corrected chi connectivity index (χ3v) is 2.76. The number of rotatable bonds is 3. The Hall–Kier alpha value is -2.13. The summed E-state index contributed by atoms with van der Waals surface area (Å²) in [5.41, 5.74) is 8.34. The van der Waals surface area contributed by atoms with Crippen LogP contribution in [0.1, 0.15) is 12.5 Å².